The zero-order chi connectivity index (χ0) is 16.3. The fourth-order valence-electron chi connectivity index (χ4n) is 2.07. The van der Waals surface area contributed by atoms with Gasteiger partial charge in [0.05, 0.1) is 11.5 Å². The topological polar surface area (TPSA) is 63.7 Å². The van der Waals surface area contributed by atoms with Crippen molar-refractivity contribution in [3.05, 3.63) is 40.3 Å². The van der Waals surface area contributed by atoms with Gasteiger partial charge in [0.15, 0.2) is 0 Å². The van der Waals surface area contributed by atoms with Crippen molar-refractivity contribution in [1.82, 2.24) is 4.90 Å². The second kappa shape index (κ2) is 6.79. The number of imide groups is 1. The van der Waals surface area contributed by atoms with E-state index in [9.17, 15) is 14.4 Å². The number of amides is 2. The van der Waals surface area contributed by atoms with Gasteiger partial charge in [-0.3, -0.25) is 14.5 Å². The summed E-state index contributed by atoms with van der Waals surface area (Å²) in [7, 11) is 0. The lowest BCUT2D eigenvalue weighted by atomic mass is 10.1. The molecule has 1 fully saturated rings. The van der Waals surface area contributed by atoms with Crippen LogP contribution in [0.1, 0.15) is 25.0 Å². The normalized spacial score (nSPS) is 18.0. The average molecular weight is 319 g/mol. The molecule has 1 heterocycles. The number of carbonyl (C=O) groups excluding carboxylic acids is 3. The van der Waals surface area contributed by atoms with Crippen molar-refractivity contribution >= 4 is 35.0 Å². The van der Waals surface area contributed by atoms with Gasteiger partial charge in [-0.25, -0.2) is 4.79 Å². The zero-order valence-corrected chi connectivity index (χ0v) is 13.5. The molecule has 0 aromatic heterocycles. The lowest BCUT2D eigenvalue weighted by Crippen LogP contribution is -2.42. The molecule has 0 N–H and O–H groups in total. The third-order valence-electron chi connectivity index (χ3n) is 3.31. The fraction of sp³-hybridized carbons (Fsp3) is 0.312. The second-order valence-corrected chi connectivity index (χ2v) is 5.83. The highest BCUT2D eigenvalue weighted by Gasteiger charge is 2.41. The van der Waals surface area contributed by atoms with Crippen molar-refractivity contribution in [2.24, 2.45) is 0 Å². The van der Waals surface area contributed by atoms with E-state index in [-0.39, 0.29) is 6.61 Å². The maximum atomic E-state index is 12.4. The highest BCUT2D eigenvalue weighted by Crippen LogP contribution is 2.34. The van der Waals surface area contributed by atoms with Gasteiger partial charge in [-0.05, 0) is 49.7 Å². The Morgan fingerprint density at radius 1 is 1.36 bits per heavy atom. The summed E-state index contributed by atoms with van der Waals surface area (Å²) in [5, 5.41) is -0.453. The van der Waals surface area contributed by atoms with Crippen molar-refractivity contribution in [3.63, 3.8) is 0 Å². The first kappa shape index (κ1) is 16.3. The third-order valence-corrected chi connectivity index (χ3v) is 4.20. The van der Waals surface area contributed by atoms with Crippen LogP contribution in [0, 0.1) is 6.92 Å². The number of rotatable bonds is 4. The van der Waals surface area contributed by atoms with E-state index in [0.29, 0.717) is 4.91 Å². The van der Waals surface area contributed by atoms with Crippen LogP contribution >= 0.6 is 11.8 Å². The minimum Gasteiger partial charge on any atom is -0.464 e. The van der Waals surface area contributed by atoms with E-state index in [4.69, 9.17) is 4.74 Å². The van der Waals surface area contributed by atoms with E-state index in [1.807, 2.05) is 31.2 Å². The first-order valence-electron chi connectivity index (χ1n) is 6.95. The van der Waals surface area contributed by atoms with Gasteiger partial charge in [0, 0.05) is 0 Å². The minimum absolute atomic E-state index is 0.207. The Morgan fingerprint density at radius 3 is 2.68 bits per heavy atom. The average Bonchev–Trinajstić information content (AvgIpc) is 2.75. The summed E-state index contributed by atoms with van der Waals surface area (Å²) < 4.78 is 4.87. The first-order valence-corrected chi connectivity index (χ1v) is 7.76. The van der Waals surface area contributed by atoms with Gasteiger partial charge in [-0.15, -0.1) is 0 Å². The summed E-state index contributed by atoms with van der Waals surface area (Å²) in [5.41, 5.74) is 1.88. The molecule has 116 valence electrons. The molecular formula is C16H17NO4S. The van der Waals surface area contributed by atoms with Crippen molar-refractivity contribution in [2.45, 2.75) is 26.8 Å². The number of nitrogens with zero attached hydrogens (tertiary/aromatic N) is 1. The molecule has 5 nitrogen and oxygen atoms in total. The molecule has 2 amide bonds. The Bertz CT molecular complexity index is 653. The van der Waals surface area contributed by atoms with E-state index < -0.39 is 23.2 Å². The predicted octanol–water partition coefficient (Wildman–Crippen LogP) is 2.98. The van der Waals surface area contributed by atoms with E-state index >= 15 is 0 Å². The SMILES string of the molecule is CCOC(=O)[C@H](C)N1C(=O)S/C(=C/c2ccccc2C)C1=O. The maximum absolute atomic E-state index is 12.4. The largest absolute Gasteiger partial charge is 0.464 e. The van der Waals surface area contributed by atoms with Gasteiger partial charge in [0.1, 0.15) is 6.04 Å². The molecule has 1 aromatic rings. The van der Waals surface area contributed by atoms with Crippen LogP contribution in [0.3, 0.4) is 0 Å². The summed E-state index contributed by atoms with van der Waals surface area (Å²) in [6.07, 6.45) is 1.68. The van der Waals surface area contributed by atoms with Gasteiger partial charge < -0.3 is 4.74 Å². The Labute approximate surface area is 133 Å². The predicted molar refractivity (Wildman–Crippen MR) is 85.1 cm³/mol. The Balaban J connectivity index is 2.26. The van der Waals surface area contributed by atoms with Gasteiger partial charge in [-0.2, -0.15) is 0 Å². The zero-order valence-electron chi connectivity index (χ0n) is 12.7. The van der Waals surface area contributed by atoms with Crippen LogP contribution in [0.5, 0.6) is 0 Å². The van der Waals surface area contributed by atoms with Crippen LogP contribution in [0.2, 0.25) is 0 Å². The molecule has 1 aromatic carbocycles. The van der Waals surface area contributed by atoms with Crippen LogP contribution in [0.15, 0.2) is 29.2 Å². The molecule has 2 rings (SSSR count). The molecule has 0 aliphatic carbocycles. The molecule has 0 radical (unpaired) electrons. The maximum Gasteiger partial charge on any atom is 0.329 e. The summed E-state index contributed by atoms with van der Waals surface area (Å²) >= 11 is 0.840. The molecule has 1 atom stereocenters. The van der Waals surface area contributed by atoms with Crippen molar-refractivity contribution in [1.29, 1.82) is 0 Å². The number of carbonyl (C=O) groups is 3. The number of benzene rings is 1. The van der Waals surface area contributed by atoms with Gasteiger partial charge in [0.2, 0.25) is 0 Å². The third kappa shape index (κ3) is 3.22. The number of esters is 1. The number of thioether (sulfide) groups is 1. The van der Waals surface area contributed by atoms with E-state index in [0.717, 1.165) is 27.8 Å². The van der Waals surface area contributed by atoms with Crippen LogP contribution in [-0.2, 0) is 14.3 Å². The van der Waals surface area contributed by atoms with Crippen LogP contribution in [0.4, 0.5) is 4.79 Å². The molecule has 1 saturated heterocycles. The van der Waals surface area contributed by atoms with Gasteiger partial charge in [-0.1, -0.05) is 24.3 Å². The summed E-state index contributed by atoms with van der Waals surface area (Å²) in [5.74, 6) is -1.04. The van der Waals surface area contributed by atoms with E-state index in [1.165, 1.54) is 6.92 Å². The standard InChI is InChI=1S/C16H17NO4S/c1-4-21-15(19)11(3)17-14(18)13(22-16(17)20)9-12-8-6-5-7-10(12)2/h5-9,11H,4H2,1-3H3/b13-9+/t11-/m0/s1. The first-order chi connectivity index (χ1) is 10.5. The Hall–Kier alpha value is -2.08. The summed E-state index contributed by atoms with van der Waals surface area (Å²) in [6, 6.07) is 6.65. The number of hydrogen-bond acceptors (Lipinski definition) is 5. The van der Waals surface area contributed by atoms with Gasteiger partial charge >= 0.3 is 5.97 Å². The minimum atomic E-state index is -0.921. The lowest BCUT2D eigenvalue weighted by molar-refractivity contribution is -0.150. The quantitative estimate of drug-likeness (QED) is 0.630. The van der Waals surface area contributed by atoms with E-state index in [2.05, 4.69) is 0 Å². The fourth-order valence-corrected chi connectivity index (χ4v) is 2.97. The number of aryl methyl sites for hydroxylation is 1. The van der Waals surface area contributed by atoms with Crippen molar-refractivity contribution < 1.29 is 19.1 Å². The Morgan fingerprint density at radius 2 is 2.05 bits per heavy atom. The Kier molecular flexibility index (Phi) is 5.03. The van der Waals surface area contributed by atoms with Crippen LogP contribution < -0.4 is 0 Å². The molecule has 6 heteroatoms. The molecule has 0 spiro atoms. The van der Waals surface area contributed by atoms with Crippen molar-refractivity contribution in [2.75, 3.05) is 6.61 Å². The monoisotopic (exact) mass is 319 g/mol. The molecule has 0 unspecified atom stereocenters. The lowest BCUT2D eigenvalue weighted by Gasteiger charge is -2.19. The molecule has 1 aliphatic heterocycles. The number of hydrogen-bond donors (Lipinski definition) is 0. The van der Waals surface area contributed by atoms with Crippen molar-refractivity contribution in [3.8, 4) is 0 Å². The summed E-state index contributed by atoms with van der Waals surface area (Å²) in [4.78, 5) is 37.4. The molecule has 0 bridgehead atoms. The summed E-state index contributed by atoms with van der Waals surface area (Å²) in [6.45, 7) is 5.30. The molecule has 0 saturated carbocycles. The number of ether oxygens (including phenoxy) is 1. The van der Waals surface area contributed by atoms with Gasteiger partial charge in [0.25, 0.3) is 11.1 Å². The highest BCUT2D eigenvalue weighted by atomic mass is 32.2. The molecule has 1 aliphatic rings. The van der Waals surface area contributed by atoms with Crippen LogP contribution in [0.25, 0.3) is 6.08 Å². The van der Waals surface area contributed by atoms with E-state index in [1.54, 1.807) is 13.0 Å². The second-order valence-electron chi connectivity index (χ2n) is 4.84. The smallest absolute Gasteiger partial charge is 0.329 e. The molecule has 22 heavy (non-hydrogen) atoms. The molecular weight excluding hydrogens is 302 g/mol. The highest BCUT2D eigenvalue weighted by molar-refractivity contribution is 8.18. The van der Waals surface area contributed by atoms with Crippen LogP contribution in [-0.4, -0.2) is 34.7 Å².